The highest BCUT2D eigenvalue weighted by molar-refractivity contribution is 5.97. The van der Waals surface area contributed by atoms with Gasteiger partial charge in [-0.3, -0.25) is 9.78 Å². The van der Waals surface area contributed by atoms with Gasteiger partial charge in [0.2, 0.25) is 0 Å². The number of hydrogen-bond acceptors (Lipinski definition) is 6. The molecule has 7 heteroatoms. The lowest BCUT2D eigenvalue weighted by Gasteiger charge is -2.12. The SMILES string of the molecule is COC(=O)c1ccccc1Nc1cncc(C(=O)NCc2ccccc2OC)c1. The van der Waals surface area contributed by atoms with Crippen LogP contribution in [-0.4, -0.2) is 31.1 Å². The molecule has 0 spiro atoms. The molecule has 3 aromatic rings. The highest BCUT2D eigenvalue weighted by Crippen LogP contribution is 2.22. The van der Waals surface area contributed by atoms with E-state index in [0.717, 1.165) is 5.56 Å². The zero-order valence-corrected chi connectivity index (χ0v) is 16.1. The molecule has 29 heavy (non-hydrogen) atoms. The number of nitrogens with one attached hydrogen (secondary N) is 2. The summed E-state index contributed by atoms with van der Waals surface area (Å²) in [7, 11) is 2.92. The minimum atomic E-state index is -0.452. The monoisotopic (exact) mass is 391 g/mol. The largest absolute Gasteiger partial charge is 0.496 e. The number of carbonyl (C=O) groups is 2. The molecule has 2 N–H and O–H groups in total. The topological polar surface area (TPSA) is 89.5 Å². The minimum Gasteiger partial charge on any atom is -0.496 e. The van der Waals surface area contributed by atoms with Crippen molar-refractivity contribution in [1.82, 2.24) is 10.3 Å². The fourth-order valence-corrected chi connectivity index (χ4v) is 2.79. The summed E-state index contributed by atoms with van der Waals surface area (Å²) < 4.78 is 10.1. The Morgan fingerprint density at radius 1 is 1.00 bits per heavy atom. The molecule has 3 rings (SSSR count). The molecule has 7 nitrogen and oxygen atoms in total. The molecule has 0 aliphatic carbocycles. The maximum atomic E-state index is 12.5. The fraction of sp³-hybridized carbons (Fsp3) is 0.136. The molecular weight excluding hydrogens is 370 g/mol. The van der Waals surface area contributed by atoms with E-state index in [9.17, 15) is 9.59 Å². The lowest BCUT2D eigenvalue weighted by atomic mass is 10.1. The van der Waals surface area contributed by atoms with Crippen molar-refractivity contribution in [2.24, 2.45) is 0 Å². The Labute approximate surface area is 168 Å². The van der Waals surface area contributed by atoms with E-state index in [2.05, 4.69) is 15.6 Å². The van der Waals surface area contributed by atoms with E-state index in [4.69, 9.17) is 9.47 Å². The number of esters is 1. The van der Waals surface area contributed by atoms with Crippen LogP contribution in [0.2, 0.25) is 0 Å². The van der Waals surface area contributed by atoms with Gasteiger partial charge in [0, 0.05) is 18.3 Å². The summed E-state index contributed by atoms with van der Waals surface area (Å²) in [6, 6.07) is 16.1. The third-order valence-corrected chi connectivity index (χ3v) is 4.24. The van der Waals surface area contributed by atoms with E-state index < -0.39 is 5.97 Å². The number of nitrogens with zero attached hydrogens (tertiary/aromatic N) is 1. The average molecular weight is 391 g/mol. The van der Waals surface area contributed by atoms with Crippen LogP contribution in [0.4, 0.5) is 11.4 Å². The lowest BCUT2D eigenvalue weighted by molar-refractivity contribution is 0.0601. The number of anilines is 2. The van der Waals surface area contributed by atoms with Gasteiger partial charge in [0.1, 0.15) is 5.75 Å². The minimum absolute atomic E-state index is 0.270. The predicted molar refractivity (Wildman–Crippen MR) is 109 cm³/mol. The second kappa shape index (κ2) is 9.36. The smallest absolute Gasteiger partial charge is 0.339 e. The Kier molecular flexibility index (Phi) is 6.42. The Hall–Kier alpha value is -3.87. The molecule has 0 fully saturated rings. The van der Waals surface area contributed by atoms with Crippen molar-refractivity contribution in [3.8, 4) is 5.75 Å². The van der Waals surface area contributed by atoms with Gasteiger partial charge in [-0.2, -0.15) is 0 Å². The number of rotatable bonds is 7. The van der Waals surface area contributed by atoms with Crippen molar-refractivity contribution < 1.29 is 19.1 Å². The molecule has 148 valence electrons. The van der Waals surface area contributed by atoms with E-state index in [-0.39, 0.29) is 5.91 Å². The zero-order chi connectivity index (χ0) is 20.6. The first-order valence-electron chi connectivity index (χ1n) is 8.92. The molecule has 0 aliphatic heterocycles. The Morgan fingerprint density at radius 2 is 1.76 bits per heavy atom. The predicted octanol–water partition coefficient (Wildman–Crippen LogP) is 3.55. The number of benzene rings is 2. The molecule has 1 amide bonds. The number of amides is 1. The molecule has 0 radical (unpaired) electrons. The Bertz CT molecular complexity index is 1020. The number of carbonyl (C=O) groups excluding carboxylic acids is 2. The van der Waals surface area contributed by atoms with Gasteiger partial charge in [-0.1, -0.05) is 30.3 Å². The van der Waals surface area contributed by atoms with Crippen LogP contribution in [0.1, 0.15) is 26.3 Å². The summed E-state index contributed by atoms with van der Waals surface area (Å²) >= 11 is 0. The first kappa shape index (κ1) is 19.9. The van der Waals surface area contributed by atoms with Crippen LogP contribution in [0.25, 0.3) is 0 Å². The van der Waals surface area contributed by atoms with Gasteiger partial charge in [-0.25, -0.2) is 4.79 Å². The Balaban J connectivity index is 1.73. The van der Waals surface area contributed by atoms with Crippen LogP contribution in [-0.2, 0) is 11.3 Å². The maximum Gasteiger partial charge on any atom is 0.339 e. The van der Waals surface area contributed by atoms with Gasteiger partial charge in [0.05, 0.1) is 42.9 Å². The fourth-order valence-electron chi connectivity index (χ4n) is 2.79. The second-order valence-corrected chi connectivity index (χ2v) is 6.12. The van der Waals surface area contributed by atoms with Crippen LogP contribution in [0.15, 0.2) is 67.0 Å². The number of methoxy groups -OCH3 is 2. The highest BCUT2D eigenvalue weighted by atomic mass is 16.5. The normalized spacial score (nSPS) is 10.1. The van der Waals surface area contributed by atoms with Crippen molar-refractivity contribution in [1.29, 1.82) is 0 Å². The summed E-state index contributed by atoms with van der Waals surface area (Å²) in [6.07, 6.45) is 3.06. The molecule has 0 saturated heterocycles. The molecular formula is C22H21N3O4. The number of hydrogen-bond donors (Lipinski definition) is 2. The van der Waals surface area contributed by atoms with E-state index in [1.165, 1.54) is 13.3 Å². The van der Waals surface area contributed by atoms with Crippen molar-refractivity contribution in [3.05, 3.63) is 83.7 Å². The first-order chi connectivity index (χ1) is 14.1. The molecule has 0 unspecified atom stereocenters. The van der Waals surface area contributed by atoms with Gasteiger partial charge >= 0.3 is 5.97 Å². The molecule has 0 aliphatic rings. The molecule has 1 heterocycles. The standard InChI is InChI=1S/C22H21N3O4/c1-28-20-10-6-3-7-15(20)13-24-21(26)16-11-17(14-23-12-16)25-19-9-5-4-8-18(19)22(27)29-2/h3-12,14,25H,13H2,1-2H3,(H,24,26). The third-order valence-electron chi connectivity index (χ3n) is 4.24. The maximum absolute atomic E-state index is 12.5. The summed E-state index contributed by atoms with van der Waals surface area (Å²) in [5.41, 5.74) is 2.79. The first-order valence-corrected chi connectivity index (χ1v) is 8.92. The van der Waals surface area contributed by atoms with Gasteiger partial charge in [0.25, 0.3) is 5.91 Å². The van der Waals surface area contributed by atoms with E-state index in [0.29, 0.717) is 34.8 Å². The molecule has 0 saturated carbocycles. The van der Waals surface area contributed by atoms with Gasteiger partial charge in [0.15, 0.2) is 0 Å². The Morgan fingerprint density at radius 3 is 2.55 bits per heavy atom. The number of aromatic nitrogens is 1. The quantitative estimate of drug-likeness (QED) is 0.599. The van der Waals surface area contributed by atoms with Crippen LogP contribution < -0.4 is 15.4 Å². The summed E-state index contributed by atoms with van der Waals surface area (Å²) in [6.45, 7) is 0.325. The van der Waals surface area contributed by atoms with Crippen LogP contribution in [0.3, 0.4) is 0 Å². The average Bonchev–Trinajstić information content (AvgIpc) is 2.77. The van der Waals surface area contributed by atoms with Crippen molar-refractivity contribution >= 4 is 23.3 Å². The number of pyridine rings is 1. The third kappa shape index (κ3) is 4.90. The number of para-hydroxylation sites is 2. The van der Waals surface area contributed by atoms with Gasteiger partial charge in [-0.05, 0) is 24.3 Å². The lowest BCUT2D eigenvalue weighted by Crippen LogP contribution is -2.23. The molecule has 0 bridgehead atoms. The van der Waals surface area contributed by atoms with Crippen molar-refractivity contribution in [2.75, 3.05) is 19.5 Å². The van der Waals surface area contributed by atoms with E-state index in [1.807, 2.05) is 24.3 Å². The van der Waals surface area contributed by atoms with Crippen molar-refractivity contribution in [3.63, 3.8) is 0 Å². The van der Waals surface area contributed by atoms with Crippen LogP contribution in [0.5, 0.6) is 5.75 Å². The molecule has 1 aromatic heterocycles. The highest BCUT2D eigenvalue weighted by Gasteiger charge is 2.13. The number of ether oxygens (including phenoxy) is 2. The summed E-state index contributed by atoms with van der Waals surface area (Å²) in [5.74, 6) is -0.0131. The summed E-state index contributed by atoms with van der Waals surface area (Å²) in [5, 5.41) is 5.97. The second-order valence-electron chi connectivity index (χ2n) is 6.12. The molecule has 0 atom stereocenters. The van der Waals surface area contributed by atoms with E-state index in [1.54, 1.807) is 43.6 Å². The molecule has 2 aromatic carbocycles. The van der Waals surface area contributed by atoms with Crippen molar-refractivity contribution in [2.45, 2.75) is 6.54 Å². The van der Waals surface area contributed by atoms with Gasteiger partial charge < -0.3 is 20.1 Å². The van der Waals surface area contributed by atoms with Crippen LogP contribution >= 0.6 is 0 Å². The summed E-state index contributed by atoms with van der Waals surface area (Å²) in [4.78, 5) is 28.6. The van der Waals surface area contributed by atoms with Crippen LogP contribution in [0, 0.1) is 0 Å². The van der Waals surface area contributed by atoms with E-state index >= 15 is 0 Å². The zero-order valence-electron chi connectivity index (χ0n) is 16.1. The van der Waals surface area contributed by atoms with Gasteiger partial charge in [-0.15, -0.1) is 0 Å².